The zero-order valence-corrected chi connectivity index (χ0v) is 15.5. The number of halogens is 1. The standard InChI is InChI=1S/C17H17BrN6O/c1-11-19-20-15-6-7-16(21-24(11)15)23-9-14(10-23)22(2)17(25)12-4-3-5-13(18)8-12/h3-8,14H,9-10H2,1-2H3. The average Bonchev–Trinajstić information content (AvgIpc) is 2.93. The van der Waals surface area contributed by atoms with Crippen LogP contribution < -0.4 is 4.90 Å². The Morgan fingerprint density at radius 3 is 2.80 bits per heavy atom. The lowest BCUT2D eigenvalue weighted by Crippen LogP contribution is -2.60. The molecule has 1 aromatic carbocycles. The summed E-state index contributed by atoms with van der Waals surface area (Å²) >= 11 is 3.41. The van der Waals surface area contributed by atoms with Crippen LogP contribution in [-0.2, 0) is 0 Å². The molecule has 0 aliphatic carbocycles. The van der Waals surface area contributed by atoms with Gasteiger partial charge in [-0.25, -0.2) is 0 Å². The maximum absolute atomic E-state index is 12.6. The molecule has 1 fully saturated rings. The number of amides is 1. The Balaban J connectivity index is 1.45. The second-order valence-corrected chi connectivity index (χ2v) is 7.11. The summed E-state index contributed by atoms with van der Waals surface area (Å²) in [5.74, 6) is 1.66. The maximum atomic E-state index is 12.6. The van der Waals surface area contributed by atoms with Gasteiger partial charge in [0.05, 0.1) is 6.04 Å². The van der Waals surface area contributed by atoms with E-state index in [4.69, 9.17) is 0 Å². The highest BCUT2D eigenvalue weighted by Gasteiger charge is 2.33. The van der Waals surface area contributed by atoms with Crippen molar-refractivity contribution in [2.75, 3.05) is 25.0 Å². The summed E-state index contributed by atoms with van der Waals surface area (Å²) in [5, 5.41) is 12.6. The first-order valence-corrected chi connectivity index (χ1v) is 8.79. The van der Waals surface area contributed by atoms with Crippen LogP contribution in [0.15, 0.2) is 40.9 Å². The number of aromatic nitrogens is 4. The second kappa shape index (κ2) is 6.11. The van der Waals surface area contributed by atoms with Crippen LogP contribution in [0.25, 0.3) is 5.65 Å². The van der Waals surface area contributed by atoms with E-state index in [1.54, 1.807) is 9.42 Å². The molecular weight excluding hydrogens is 384 g/mol. The Morgan fingerprint density at radius 1 is 1.24 bits per heavy atom. The van der Waals surface area contributed by atoms with Crippen LogP contribution in [0.4, 0.5) is 5.82 Å². The van der Waals surface area contributed by atoms with Crippen LogP contribution in [0, 0.1) is 6.92 Å². The number of aryl methyl sites for hydroxylation is 1. The summed E-state index contributed by atoms with van der Waals surface area (Å²) in [6, 6.07) is 11.5. The third kappa shape index (κ3) is 2.86. The molecule has 0 bridgehead atoms. The van der Waals surface area contributed by atoms with E-state index >= 15 is 0 Å². The van der Waals surface area contributed by atoms with E-state index in [2.05, 4.69) is 36.1 Å². The quantitative estimate of drug-likeness (QED) is 0.673. The van der Waals surface area contributed by atoms with E-state index < -0.39 is 0 Å². The summed E-state index contributed by atoms with van der Waals surface area (Å²) in [4.78, 5) is 16.6. The predicted molar refractivity (Wildman–Crippen MR) is 97.8 cm³/mol. The smallest absolute Gasteiger partial charge is 0.254 e. The topological polar surface area (TPSA) is 66.6 Å². The van der Waals surface area contributed by atoms with E-state index in [-0.39, 0.29) is 11.9 Å². The average molecular weight is 401 g/mol. The Kier molecular flexibility index (Phi) is 3.91. The molecule has 1 amide bonds. The first-order valence-electron chi connectivity index (χ1n) is 7.99. The van der Waals surface area contributed by atoms with Crippen molar-refractivity contribution < 1.29 is 4.79 Å². The van der Waals surface area contributed by atoms with Crippen molar-refractivity contribution in [2.24, 2.45) is 0 Å². The van der Waals surface area contributed by atoms with Crippen molar-refractivity contribution in [3.05, 3.63) is 52.3 Å². The number of hydrogen-bond acceptors (Lipinski definition) is 5. The fraction of sp³-hybridized carbons (Fsp3) is 0.294. The van der Waals surface area contributed by atoms with Crippen molar-refractivity contribution in [1.82, 2.24) is 24.7 Å². The van der Waals surface area contributed by atoms with E-state index in [1.807, 2.05) is 50.4 Å². The highest BCUT2D eigenvalue weighted by Crippen LogP contribution is 2.23. The molecule has 0 N–H and O–H groups in total. The van der Waals surface area contributed by atoms with Gasteiger partial charge in [0.2, 0.25) is 0 Å². The van der Waals surface area contributed by atoms with Gasteiger partial charge in [-0.2, -0.15) is 4.52 Å². The molecule has 0 radical (unpaired) electrons. The lowest BCUT2D eigenvalue weighted by atomic mass is 10.1. The molecule has 25 heavy (non-hydrogen) atoms. The van der Waals surface area contributed by atoms with Crippen molar-refractivity contribution in [2.45, 2.75) is 13.0 Å². The van der Waals surface area contributed by atoms with Crippen molar-refractivity contribution in [3.63, 3.8) is 0 Å². The number of carbonyl (C=O) groups is 1. The normalized spacial score (nSPS) is 14.6. The molecule has 1 aliphatic rings. The number of fused-ring (bicyclic) bond motifs is 1. The summed E-state index contributed by atoms with van der Waals surface area (Å²) in [7, 11) is 1.85. The third-order valence-corrected chi connectivity index (χ3v) is 5.02. The highest BCUT2D eigenvalue weighted by atomic mass is 79.9. The molecule has 8 heteroatoms. The third-order valence-electron chi connectivity index (χ3n) is 4.53. The van der Waals surface area contributed by atoms with Crippen molar-refractivity contribution in [1.29, 1.82) is 0 Å². The molecule has 128 valence electrons. The fourth-order valence-corrected chi connectivity index (χ4v) is 3.33. The largest absolute Gasteiger partial charge is 0.351 e. The van der Waals surface area contributed by atoms with Gasteiger partial charge in [0.25, 0.3) is 5.91 Å². The molecule has 3 aromatic rings. The summed E-state index contributed by atoms with van der Waals surface area (Å²) < 4.78 is 2.64. The van der Waals surface area contributed by atoms with Gasteiger partial charge in [-0.3, -0.25) is 4.79 Å². The van der Waals surface area contributed by atoms with Crippen LogP contribution in [0.2, 0.25) is 0 Å². The van der Waals surface area contributed by atoms with Crippen LogP contribution in [0.3, 0.4) is 0 Å². The van der Waals surface area contributed by atoms with E-state index in [9.17, 15) is 4.79 Å². The molecule has 1 saturated heterocycles. The number of likely N-dealkylation sites (N-methyl/N-ethyl adjacent to an activating group) is 1. The monoisotopic (exact) mass is 400 g/mol. The Labute approximate surface area is 153 Å². The molecule has 2 aromatic heterocycles. The Bertz CT molecular complexity index is 949. The van der Waals surface area contributed by atoms with Gasteiger partial charge in [-0.1, -0.05) is 22.0 Å². The zero-order valence-electron chi connectivity index (χ0n) is 13.9. The minimum Gasteiger partial charge on any atom is -0.351 e. The minimum atomic E-state index is 0.0315. The van der Waals surface area contributed by atoms with Crippen LogP contribution >= 0.6 is 15.9 Å². The molecule has 1 aliphatic heterocycles. The maximum Gasteiger partial charge on any atom is 0.254 e. The predicted octanol–water partition coefficient (Wildman–Crippen LogP) is 2.16. The molecular formula is C17H17BrN6O. The van der Waals surface area contributed by atoms with Crippen LogP contribution in [0.1, 0.15) is 16.2 Å². The second-order valence-electron chi connectivity index (χ2n) is 6.19. The summed E-state index contributed by atoms with van der Waals surface area (Å²) in [6.45, 7) is 3.39. The van der Waals surface area contributed by atoms with E-state index in [1.165, 1.54) is 0 Å². The summed E-state index contributed by atoms with van der Waals surface area (Å²) in [5.41, 5.74) is 1.43. The van der Waals surface area contributed by atoms with Gasteiger partial charge in [0.1, 0.15) is 5.82 Å². The zero-order chi connectivity index (χ0) is 17.6. The molecule has 0 atom stereocenters. The SMILES string of the molecule is Cc1nnc2ccc(N3CC(N(C)C(=O)c4cccc(Br)c4)C3)nn12. The number of anilines is 1. The first-order chi connectivity index (χ1) is 12.0. The van der Waals surface area contributed by atoms with Gasteiger partial charge in [0.15, 0.2) is 11.5 Å². The van der Waals surface area contributed by atoms with Gasteiger partial charge in [-0.15, -0.1) is 15.3 Å². The number of rotatable bonds is 3. The van der Waals surface area contributed by atoms with Gasteiger partial charge in [-0.05, 0) is 37.3 Å². The lowest BCUT2D eigenvalue weighted by molar-refractivity contribution is 0.0705. The molecule has 4 rings (SSSR count). The number of carbonyl (C=O) groups excluding carboxylic acids is 1. The highest BCUT2D eigenvalue weighted by molar-refractivity contribution is 9.10. The molecule has 0 saturated carbocycles. The van der Waals surface area contributed by atoms with Crippen LogP contribution in [0.5, 0.6) is 0 Å². The van der Waals surface area contributed by atoms with E-state index in [0.717, 1.165) is 34.9 Å². The number of hydrogen-bond donors (Lipinski definition) is 0. The number of benzene rings is 1. The first kappa shape index (κ1) is 16.0. The van der Waals surface area contributed by atoms with E-state index in [0.29, 0.717) is 5.56 Å². The minimum absolute atomic E-state index is 0.0315. The lowest BCUT2D eigenvalue weighted by Gasteiger charge is -2.44. The van der Waals surface area contributed by atoms with Crippen LogP contribution in [-0.4, -0.2) is 56.8 Å². The van der Waals surface area contributed by atoms with Crippen molar-refractivity contribution >= 4 is 33.3 Å². The fourth-order valence-electron chi connectivity index (χ4n) is 2.93. The molecule has 7 nitrogen and oxygen atoms in total. The molecule has 3 heterocycles. The Morgan fingerprint density at radius 2 is 2.04 bits per heavy atom. The van der Waals surface area contributed by atoms with Gasteiger partial charge < -0.3 is 9.80 Å². The molecule has 0 spiro atoms. The van der Waals surface area contributed by atoms with Crippen molar-refractivity contribution in [3.8, 4) is 0 Å². The molecule has 0 unspecified atom stereocenters. The summed E-state index contributed by atoms with van der Waals surface area (Å²) in [6.07, 6.45) is 0. The Hall–Kier alpha value is -2.48. The van der Waals surface area contributed by atoms with Gasteiger partial charge in [0, 0.05) is 30.2 Å². The number of nitrogens with zero attached hydrogens (tertiary/aromatic N) is 6. The van der Waals surface area contributed by atoms with Gasteiger partial charge >= 0.3 is 0 Å².